The molecule has 0 aliphatic carbocycles. The van der Waals surface area contributed by atoms with E-state index in [4.69, 9.17) is 4.74 Å². The maximum absolute atomic E-state index is 12.3. The second-order valence-corrected chi connectivity index (χ2v) is 5.43. The molecule has 0 fully saturated rings. The summed E-state index contributed by atoms with van der Waals surface area (Å²) >= 11 is 0. The summed E-state index contributed by atoms with van der Waals surface area (Å²) in [5.74, 6) is 0.728. The Balaban J connectivity index is 1.67. The SMILES string of the molecule is COc1cccc(NC(=O)CN2CCCc3ccccc32)c1. The first kappa shape index (κ1) is 14.4. The normalized spacial score (nSPS) is 13.4. The fourth-order valence-electron chi connectivity index (χ4n) is 2.85. The molecular formula is C18H20N2O2. The number of nitrogens with zero attached hydrogens (tertiary/aromatic N) is 1. The number of nitrogens with one attached hydrogen (secondary N) is 1. The van der Waals surface area contributed by atoms with Gasteiger partial charge in [0.25, 0.3) is 0 Å². The summed E-state index contributed by atoms with van der Waals surface area (Å²) in [6.07, 6.45) is 2.17. The van der Waals surface area contributed by atoms with Gasteiger partial charge in [-0.25, -0.2) is 0 Å². The molecule has 2 aromatic carbocycles. The molecule has 1 N–H and O–H groups in total. The molecule has 0 bridgehead atoms. The summed E-state index contributed by atoms with van der Waals surface area (Å²) in [5, 5.41) is 2.93. The summed E-state index contributed by atoms with van der Waals surface area (Å²) in [7, 11) is 1.62. The van der Waals surface area contributed by atoms with Gasteiger partial charge in [-0.3, -0.25) is 4.79 Å². The van der Waals surface area contributed by atoms with Crippen LogP contribution in [-0.4, -0.2) is 26.1 Å². The molecule has 0 saturated heterocycles. The Kier molecular flexibility index (Phi) is 4.28. The number of benzene rings is 2. The molecule has 0 atom stereocenters. The highest BCUT2D eigenvalue weighted by molar-refractivity contribution is 5.94. The Morgan fingerprint density at radius 3 is 2.95 bits per heavy atom. The van der Waals surface area contributed by atoms with Crippen LogP contribution in [0.2, 0.25) is 0 Å². The number of hydrogen-bond acceptors (Lipinski definition) is 3. The van der Waals surface area contributed by atoms with E-state index in [9.17, 15) is 4.79 Å². The highest BCUT2D eigenvalue weighted by atomic mass is 16.5. The van der Waals surface area contributed by atoms with E-state index in [1.807, 2.05) is 30.3 Å². The molecule has 1 amide bonds. The van der Waals surface area contributed by atoms with Crippen LogP contribution in [-0.2, 0) is 11.2 Å². The lowest BCUT2D eigenvalue weighted by Crippen LogP contribution is -2.36. The zero-order valence-electron chi connectivity index (χ0n) is 12.7. The molecule has 1 aliphatic rings. The van der Waals surface area contributed by atoms with Crippen molar-refractivity contribution in [2.75, 3.05) is 30.4 Å². The van der Waals surface area contributed by atoms with Gasteiger partial charge < -0.3 is 15.0 Å². The van der Waals surface area contributed by atoms with Crippen molar-refractivity contribution in [3.05, 3.63) is 54.1 Å². The molecule has 4 heteroatoms. The van der Waals surface area contributed by atoms with E-state index in [1.165, 1.54) is 11.3 Å². The Hall–Kier alpha value is -2.49. The van der Waals surface area contributed by atoms with E-state index in [-0.39, 0.29) is 5.91 Å². The largest absolute Gasteiger partial charge is 0.497 e. The summed E-state index contributed by atoms with van der Waals surface area (Å²) in [4.78, 5) is 14.4. The van der Waals surface area contributed by atoms with Crippen LogP contribution in [0.25, 0.3) is 0 Å². The molecule has 114 valence electrons. The highest BCUT2D eigenvalue weighted by Gasteiger charge is 2.18. The molecule has 0 unspecified atom stereocenters. The maximum Gasteiger partial charge on any atom is 0.243 e. The number of amides is 1. The van der Waals surface area contributed by atoms with Crippen LogP contribution in [0.1, 0.15) is 12.0 Å². The summed E-state index contributed by atoms with van der Waals surface area (Å²) in [6, 6.07) is 15.7. The minimum absolute atomic E-state index is 0.00930. The lowest BCUT2D eigenvalue weighted by Gasteiger charge is -2.30. The van der Waals surface area contributed by atoms with Gasteiger partial charge >= 0.3 is 0 Å². The van der Waals surface area contributed by atoms with Crippen molar-refractivity contribution in [2.24, 2.45) is 0 Å². The predicted octanol–water partition coefficient (Wildman–Crippen LogP) is 3.09. The third-order valence-electron chi connectivity index (χ3n) is 3.89. The van der Waals surface area contributed by atoms with E-state index in [0.717, 1.165) is 30.8 Å². The van der Waals surface area contributed by atoms with Gasteiger partial charge in [-0.05, 0) is 36.6 Å². The molecule has 22 heavy (non-hydrogen) atoms. The number of hydrogen-bond donors (Lipinski definition) is 1. The van der Waals surface area contributed by atoms with E-state index in [0.29, 0.717) is 6.54 Å². The monoisotopic (exact) mass is 296 g/mol. The molecule has 0 saturated carbocycles. The average Bonchev–Trinajstić information content (AvgIpc) is 2.55. The second kappa shape index (κ2) is 6.52. The Bertz CT molecular complexity index is 670. The minimum atomic E-state index is -0.00930. The third-order valence-corrected chi connectivity index (χ3v) is 3.89. The lowest BCUT2D eigenvalue weighted by atomic mass is 10.0. The molecule has 3 rings (SSSR count). The van der Waals surface area contributed by atoms with Crippen molar-refractivity contribution < 1.29 is 9.53 Å². The number of carbonyl (C=O) groups is 1. The molecule has 2 aromatic rings. The smallest absolute Gasteiger partial charge is 0.243 e. The van der Waals surface area contributed by atoms with Crippen LogP contribution in [0.5, 0.6) is 5.75 Å². The van der Waals surface area contributed by atoms with Crippen molar-refractivity contribution in [1.29, 1.82) is 0 Å². The highest BCUT2D eigenvalue weighted by Crippen LogP contribution is 2.26. The Morgan fingerprint density at radius 1 is 1.23 bits per heavy atom. The van der Waals surface area contributed by atoms with Crippen molar-refractivity contribution in [2.45, 2.75) is 12.8 Å². The molecule has 1 heterocycles. The topological polar surface area (TPSA) is 41.6 Å². The first-order chi connectivity index (χ1) is 10.8. The summed E-state index contributed by atoms with van der Waals surface area (Å²) in [6.45, 7) is 1.29. The van der Waals surface area contributed by atoms with Gasteiger partial charge in [-0.15, -0.1) is 0 Å². The number of fused-ring (bicyclic) bond motifs is 1. The number of methoxy groups -OCH3 is 1. The lowest BCUT2D eigenvalue weighted by molar-refractivity contribution is -0.115. The number of ether oxygens (including phenoxy) is 1. The van der Waals surface area contributed by atoms with Crippen molar-refractivity contribution in [3.63, 3.8) is 0 Å². The van der Waals surface area contributed by atoms with Crippen molar-refractivity contribution in [1.82, 2.24) is 0 Å². The molecule has 0 radical (unpaired) electrons. The first-order valence-electron chi connectivity index (χ1n) is 7.53. The maximum atomic E-state index is 12.3. The van der Waals surface area contributed by atoms with E-state index in [2.05, 4.69) is 28.4 Å². The Morgan fingerprint density at radius 2 is 2.09 bits per heavy atom. The number of aryl methyl sites for hydroxylation is 1. The number of para-hydroxylation sites is 1. The second-order valence-electron chi connectivity index (χ2n) is 5.43. The summed E-state index contributed by atoms with van der Waals surface area (Å²) < 4.78 is 5.17. The zero-order valence-corrected chi connectivity index (χ0v) is 12.7. The van der Waals surface area contributed by atoms with Crippen LogP contribution in [0.3, 0.4) is 0 Å². The van der Waals surface area contributed by atoms with Crippen molar-refractivity contribution >= 4 is 17.3 Å². The average molecular weight is 296 g/mol. The molecule has 0 spiro atoms. The van der Waals surface area contributed by atoms with E-state index >= 15 is 0 Å². The van der Waals surface area contributed by atoms with Gasteiger partial charge in [0, 0.05) is 24.0 Å². The van der Waals surface area contributed by atoms with Crippen LogP contribution >= 0.6 is 0 Å². The van der Waals surface area contributed by atoms with Crippen LogP contribution in [0.15, 0.2) is 48.5 Å². The van der Waals surface area contributed by atoms with Gasteiger partial charge in [0.05, 0.1) is 13.7 Å². The van der Waals surface area contributed by atoms with Crippen LogP contribution < -0.4 is 15.0 Å². The fourth-order valence-corrected chi connectivity index (χ4v) is 2.85. The quantitative estimate of drug-likeness (QED) is 0.942. The van der Waals surface area contributed by atoms with Crippen molar-refractivity contribution in [3.8, 4) is 5.75 Å². The summed E-state index contributed by atoms with van der Waals surface area (Å²) in [5.41, 5.74) is 3.26. The van der Waals surface area contributed by atoms with Crippen LogP contribution in [0.4, 0.5) is 11.4 Å². The van der Waals surface area contributed by atoms with E-state index in [1.54, 1.807) is 7.11 Å². The number of anilines is 2. The zero-order chi connectivity index (χ0) is 15.4. The standard InChI is InChI=1S/C18H20N2O2/c1-22-16-9-4-8-15(12-16)19-18(21)13-20-11-5-7-14-6-2-3-10-17(14)20/h2-4,6,8-10,12H,5,7,11,13H2,1H3,(H,19,21). The van der Waals surface area contributed by atoms with E-state index < -0.39 is 0 Å². The van der Waals surface area contributed by atoms with Gasteiger partial charge in [-0.2, -0.15) is 0 Å². The van der Waals surface area contributed by atoms with Gasteiger partial charge in [-0.1, -0.05) is 24.3 Å². The molecule has 4 nitrogen and oxygen atoms in total. The van der Waals surface area contributed by atoms with Gasteiger partial charge in [0.2, 0.25) is 5.91 Å². The minimum Gasteiger partial charge on any atom is -0.497 e. The third kappa shape index (κ3) is 3.22. The van der Waals surface area contributed by atoms with Crippen LogP contribution in [0, 0.1) is 0 Å². The molecule has 0 aromatic heterocycles. The Labute approximate surface area is 130 Å². The van der Waals surface area contributed by atoms with Gasteiger partial charge in [0.1, 0.15) is 5.75 Å². The molecular weight excluding hydrogens is 276 g/mol. The molecule has 1 aliphatic heterocycles. The first-order valence-corrected chi connectivity index (χ1v) is 7.53. The van der Waals surface area contributed by atoms with Gasteiger partial charge in [0.15, 0.2) is 0 Å². The number of rotatable bonds is 4. The number of carbonyl (C=O) groups excluding carboxylic acids is 1. The predicted molar refractivity (Wildman–Crippen MR) is 88.6 cm³/mol. The fraction of sp³-hybridized carbons (Fsp3) is 0.278.